The summed E-state index contributed by atoms with van der Waals surface area (Å²) in [6.45, 7) is 1.64. The van der Waals surface area contributed by atoms with Crippen LogP contribution in [0, 0.1) is 5.82 Å². The Bertz CT molecular complexity index is 1140. The van der Waals surface area contributed by atoms with Crippen LogP contribution in [-0.2, 0) is 9.84 Å². The first-order valence-electron chi connectivity index (χ1n) is 7.47. The summed E-state index contributed by atoms with van der Waals surface area (Å²) < 4.78 is 38.9. The Morgan fingerprint density at radius 2 is 1.88 bits per heavy atom. The first-order chi connectivity index (χ1) is 11.7. The summed E-state index contributed by atoms with van der Waals surface area (Å²) in [5, 5.41) is -0.0429. The number of nitrogens with two attached hydrogens (primary N) is 1. The molecule has 0 saturated carbocycles. The van der Waals surface area contributed by atoms with Gasteiger partial charge in [0.2, 0.25) is 0 Å². The maximum atomic E-state index is 13.6. The van der Waals surface area contributed by atoms with Gasteiger partial charge in [-0.3, -0.25) is 9.36 Å². The van der Waals surface area contributed by atoms with E-state index in [0.29, 0.717) is 0 Å². The second-order valence-electron chi connectivity index (χ2n) is 5.80. The first-order valence-corrected chi connectivity index (χ1v) is 9.36. The Hall–Kier alpha value is -2.58. The smallest absolute Gasteiger partial charge is 0.267 e. The van der Waals surface area contributed by atoms with E-state index >= 15 is 0 Å². The Morgan fingerprint density at radius 3 is 2.48 bits per heavy atom. The van der Waals surface area contributed by atoms with Crippen molar-refractivity contribution in [3.8, 4) is 5.69 Å². The van der Waals surface area contributed by atoms with Crippen LogP contribution in [0.15, 0.2) is 52.2 Å². The van der Waals surface area contributed by atoms with Crippen LogP contribution in [0.2, 0.25) is 0 Å². The molecule has 2 aromatic carbocycles. The molecule has 1 atom stereocenters. The van der Waals surface area contributed by atoms with Gasteiger partial charge in [-0.05, 0) is 37.3 Å². The summed E-state index contributed by atoms with van der Waals surface area (Å²) in [6.07, 6.45) is 1.02. The monoisotopic (exact) mass is 361 g/mol. The summed E-state index contributed by atoms with van der Waals surface area (Å²) in [5.74, 6) is -0.315. The highest BCUT2D eigenvalue weighted by Crippen LogP contribution is 2.22. The van der Waals surface area contributed by atoms with Gasteiger partial charge in [-0.1, -0.05) is 12.1 Å². The number of sulfone groups is 1. The lowest BCUT2D eigenvalue weighted by molar-refractivity contribution is 0.602. The Kier molecular flexibility index (Phi) is 4.18. The van der Waals surface area contributed by atoms with Crippen LogP contribution < -0.4 is 11.3 Å². The van der Waals surface area contributed by atoms with Gasteiger partial charge in [0.25, 0.3) is 5.56 Å². The largest absolute Gasteiger partial charge is 0.322 e. The highest BCUT2D eigenvalue weighted by molar-refractivity contribution is 7.91. The van der Waals surface area contributed by atoms with Gasteiger partial charge in [-0.25, -0.2) is 17.8 Å². The number of halogens is 1. The molecule has 0 bridgehead atoms. The van der Waals surface area contributed by atoms with Crippen molar-refractivity contribution in [3.63, 3.8) is 0 Å². The van der Waals surface area contributed by atoms with Crippen molar-refractivity contribution in [3.05, 3.63) is 64.5 Å². The fraction of sp³-hybridized carbons (Fsp3) is 0.176. The zero-order valence-electron chi connectivity index (χ0n) is 13.6. The highest BCUT2D eigenvalue weighted by Gasteiger charge is 2.21. The van der Waals surface area contributed by atoms with Crippen molar-refractivity contribution in [2.45, 2.75) is 17.9 Å². The van der Waals surface area contributed by atoms with Crippen LogP contribution in [-0.4, -0.2) is 24.2 Å². The second kappa shape index (κ2) is 6.05. The standard InChI is InChI=1S/C17H16FN3O3S/c1-10(19)16-20-13-7-4-8-14(25(2,23)24)15(13)17(22)21(16)12-6-3-5-11(18)9-12/h3-10H,19H2,1-2H3. The van der Waals surface area contributed by atoms with Crippen molar-refractivity contribution in [2.24, 2.45) is 5.73 Å². The number of nitrogens with zero attached hydrogens (tertiary/aromatic N) is 2. The number of hydrogen-bond donors (Lipinski definition) is 1. The van der Waals surface area contributed by atoms with Crippen LogP contribution in [0.1, 0.15) is 18.8 Å². The lowest BCUT2D eigenvalue weighted by Crippen LogP contribution is -2.28. The molecule has 8 heteroatoms. The van der Waals surface area contributed by atoms with Crippen LogP contribution in [0.5, 0.6) is 0 Å². The van der Waals surface area contributed by atoms with Crippen molar-refractivity contribution in [1.29, 1.82) is 0 Å². The van der Waals surface area contributed by atoms with Gasteiger partial charge in [0.05, 0.1) is 27.5 Å². The molecule has 3 aromatic rings. The third-order valence-electron chi connectivity index (χ3n) is 3.76. The maximum absolute atomic E-state index is 13.6. The Balaban J connectivity index is 2.53. The van der Waals surface area contributed by atoms with E-state index < -0.39 is 27.3 Å². The van der Waals surface area contributed by atoms with Gasteiger partial charge in [-0.2, -0.15) is 0 Å². The zero-order chi connectivity index (χ0) is 18.4. The lowest BCUT2D eigenvalue weighted by atomic mass is 10.2. The molecular formula is C17H16FN3O3S. The minimum atomic E-state index is -3.65. The minimum absolute atomic E-state index is 0.0429. The summed E-state index contributed by atoms with van der Waals surface area (Å²) in [4.78, 5) is 17.4. The summed E-state index contributed by atoms with van der Waals surface area (Å²) in [5.41, 5.74) is 5.79. The van der Waals surface area contributed by atoms with Crippen LogP contribution in [0.25, 0.3) is 16.6 Å². The van der Waals surface area contributed by atoms with Gasteiger partial charge in [-0.15, -0.1) is 0 Å². The first kappa shape index (κ1) is 17.2. The Labute approximate surface area is 143 Å². The molecule has 1 unspecified atom stereocenters. The average Bonchev–Trinajstić information content (AvgIpc) is 2.53. The van der Waals surface area contributed by atoms with E-state index in [1.54, 1.807) is 13.0 Å². The second-order valence-corrected chi connectivity index (χ2v) is 7.79. The number of benzene rings is 2. The third kappa shape index (κ3) is 3.06. The van der Waals surface area contributed by atoms with Gasteiger partial charge < -0.3 is 5.73 Å². The molecule has 0 aliphatic carbocycles. The molecule has 1 aromatic heterocycles. The maximum Gasteiger partial charge on any atom is 0.267 e. The summed E-state index contributed by atoms with van der Waals surface area (Å²) in [6, 6.07) is 9.20. The normalized spacial score (nSPS) is 13.1. The van der Waals surface area contributed by atoms with Gasteiger partial charge in [0.15, 0.2) is 9.84 Å². The molecule has 6 nitrogen and oxygen atoms in total. The number of fused-ring (bicyclic) bond motifs is 1. The minimum Gasteiger partial charge on any atom is -0.322 e. The van der Waals surface area contributed by atoms with Crippen LogP contribution in [0.3, 0.4) is 0 Å². The van der Waals surface area contributed by atoms with E-state index in [1.165, 1.54) is 36.4 Å². The lowest BCUT2D eigenvalue weighted by Gasteiger charge is -2.17. The molecule has 1 heterocycles. The van der Waals surface area contributed by atoms with E-state index in [-0.39, 0.29) is 27.3 Å². The molecule has 25 heavy (non-hydrogen) atoms. The van der Waals surface area contributed by atoms with Crippen molar-refractivity contribution in [2.75, 3.05) is 6.26 Å². The van der Waals surface area contributed by atoms with Crippen molar-refractivity contribution >= 4 is 20.7 Å². The van der Waals surface area contributed by atoms with E-state index in [0.717, 1.165) is 10.8 Å². The van der Waals surface area contributed by atoms with Gasteiger partial charge in [0.1, 0.15) is 11.6 Å². The third-order valence-corrected chi connectivity index (χ3v) is 4.90. The van der Waals surface area contributed by atoms with E-state index in [4.69, 9.17) is 5.73 Å². The highest BCUT2D eigenvalue weighted by atomic mass is 32.2. The van der Waals surface area contributed by atoms with Gasteiger partial charge in [0, 0.05) is 6.26 Å². The molecule has 0 spiro atoms. The molecule has 0 aliphatic rings. The fourth-order valence-electron chi connectivity index (χ4n) is 2.70. The quantitative estimate of drug-likeness (QED) is 0.769. The zero-order valence-corrected chi connectivity index (χ0v) is 14.4. The molecule has 2 N–H and O–H groups in total. The van der Waals surface area contributed by atoms with E-state index in [2.05, 4.69) is 4.98 Å². The summed E-state index contributed by atoms with van der Waals surface area (Å²) >= 11 is 0. The molecule has 3 rings (SSSR count). The van der Waals surface area contributed by atoms with Gasteiger partial charge >= 0.3 is 0 Å². The van der Waals surface area contributed by atoms with Crippen molar-refractivity contribution in [1.82, 2.24) is 9.55 Å². The SMILES string of the molecule is CC(N)c1nc2cccc(S(C)(=O)=O)c2c(=O)n1-c1cccc(F)c1. The number of aromatic nitrogens is 2. The molecule has 130 valence electrons. The fourth-order valence-corrected chi connectivity index (χ4v) is 3.58. The Morgan fingerprint density at radius 1 is 1.20 bits per heavy atom. The summed E-state index contributed by atoms with van der Waals surface area (Å²) in [7, 11) is -3.65. The molecule has 0 radical (unpaired) electrons. The number of hydrogen-bond acceptors (Lipinski definition) is 5. The topological polar surface area (TPSA) is 95.1 Å². The molecular weight excluding hydrogens is 345 g/mol. The average molecular weight is 361 g/mol. The molecule has 0 fully saturated rings. The molecule has 0 saturated heterocycles. The predicted octanol–water partition coefficient (Wildman–Crippen LogP) is 1.95. The van der Waals surface area contributed by atoms with Crippen molar-refractivity contribution < 1.29 is 12.8 Å². The molecule has 0 amide bonds. The number of rotatable bonds is 3. The van der Waals surface area contributed by atoms with Crippen LogP contribution >= 0.6 is 0 Å². The van der Waals surface area contributed by atoms with E-state index in [1.807, 2.05) is 0 Å². The predicted molar refractivity (Wildman–Crippen MR) is 93.0 cm³/mol. The van der Waals surface area contributed by atoms with Crippen LogP contribution in [0.4, 0.5) is 4.39 Å². The molecule has 0 aliphatic heterocycles. The van der Waals surface area contributed by atoms with E-state index in [9.17, 15) is 17.6 Å².